The average molecular weight is 973 g/mol. The summed E-state index contributed by atoms with van der Waals surface area (Å²) in [6, 6.07) is 58.9. The Morgan fingerprint density at radius 2 is 0.589 bits per heavy atom. The van der Waals surface area contributed by atoms with Crippen LogP contribution in [0.4, 0.5) is 35.1 Å². The molecule has 0 unspecified atom stereocenters. The van der Waals surface area contributed by atoms with Crippen LogP contribution in [-0.4, -0.2) is 18.3 Å². The first-order valence-corrected chi connectivity index (χ1v) is 23.3. The van der Waals surface area contributed by atoms with E-state index in [1.807, 2.05) is 158 Å². The molecular weight excluding hydrogens is 941 g/mol. The van der Waals surface area contributed by atoms with Gasteiger partial charge in [0, 0.05) is 60.0 Å². The second-order valence-electron chi connectivity index (χ2n) is 18.1. The van der Waals surface area contributed by atoms with E-state index in [2.05, 4.69) is 9.13 Å². The minimum absolute atomic E-state index is 0.0439. The van der Waals surface area contributed by atoms with Crippen LogP contribution in [0.15, 0.2) is 194 Å². The Morgan fingerprint density at radius 1 is 0.288 bits per heavy atom. The highest BCUT2D eigenvalue weighted by molar-refractivity contribution is 6.26. The molecule has 14 rings (SSSR count). The maximum Gasteiger partial charge on any atom is 0.417 e. The van der Waals surface area contributed by atoms with E-state index in [1.165, 1.54) is 0 Å². The van der Waals surface area contributed by atoms with Gasteiger partial charge in [0.25, 0.3) is 0 Å². The van der Waals surface area contributed by atoms with Crippen LogP contribution >= 0.6 is 0 Å². The van der Waals surface area contributed by atoms with Gasteiger partial charge in [0.1, 0.15) is 0 Å². The Hall–Kier alpha value is -9.16. The second kappa shape index (κ2) is 15.4. The predicted molar refractivity (Wildman–Crippen MR) is 274 cm³/mol. The summed E-state index contributed by atoms with van der Waals surface area (Å²) in [4.78, 5) is 0. The van der Waals surface area contributed by atoms with Crippen LogP contribution in [-0.2, 0) is 6.18 Å². The van der Waals surface area contributed by atoms with Gasteiger partial charge < -0.3 is 18.3 Å². The Morgan fingerprint density at radius 3 is 0.959 bits per heavy atom. The van der Waals surface area contributed by atoms with Crippen LogP contribution < -0.4 is 0 Å². The van der Waals surface area contributed by atoms with E-state index < -0.39 is 52.0 Å². The third-order valence-corrected chi connectivity index (χ3v) is 14.3. The average Bonchev–Trinajstić information content (AvgIpc) is 4.16. The molecule has 0 radical (unpaired) electrons. The first-order chi connectivity index (χ1) is 35.5. The van der Waals surface area contributed by atoms with Gasteiger partial charge in [0.05, 0.1) is 66.6 Å². The Labute approximate surface area is 408 Å². The number of rotatable bonds is 5. The molecule has 0 saturated heterocycles. The van der Waals surface area contributed by atoms with Crippen molar-refractivity contribution in [1.82, 2.24) is 18.3 Å². The summed E-state index contributed by atoms with van der Waals surface area (Å²) >= 11 is 0. The van der Waals surface area contributed by atoms with Crippen LogP contribution in [0.2, 0.25) is 0 Å². The lowest BCUT2D eigenvalue weighted by Crippen LogP contribution is -2.14. The van der Waals surface area contributed by atoms with E-state index >= 15 is 30.7 Å². The first kappa shape index (κ1) is 42.7. The minimum atomic E-state index is -5.41. The maximum absolute atomic E-state index is 16.4. The van der Waals surface area contributed by atoms with E-state index in [0.29, 0.717) is 54.6 Å². The van der Waals surface area contributed by atoms with Gasteiger partial charge >= 0.3 is 6.18 Å². The van der Waals surface area contributed by atoms with E-state index in [4.69, 9.17) is 0 Å². The maximum atomic E-state index is 16.4. The monoisotopic (exact) mass is 972 g/mol. The van der Waals surface area contributed by atoms with Gasteiger partial charge in [-0.3, -0.25) is 0 Å². The molecule has 73 heavy (non-hydrogen) atoms. The highest BCUT2D eigenvalue weighted by Gasteiger charge is 2.40. The van der Waals surface area contributed by atoms with Gasteiger partial charge in [-0.05, 0) is 60.7 Å². The van der Waals surface area contributed by atoms with Crippen molar-refractivity contribution >= 4 is 87.2 Å². The molecule has 4 nitrogen and oxygen atoms in total. The molecule has 4 heterocycles. The largest absolute Gasteiger partial charge is 0.417 e. The topological polar surface area (TPSA) is 19.7 Å². The molecule has 0 aliphatic carbocycles. The third-order valence-electron chi connectivity index (χ3n) is 14.3. The molecule has 352 valence electrons. The fourth-order valence-corrected chi connectivity index (χ4v) is 11.4. The zero-order valence-corrected chi connectivity index (χ0v) is 37.8. The fourth-order valence-electron chi connectivity index (χ4n) is 11.4. The molecule has 14 aromatic rings. The molecule has 0 fully saturated rings. The quantitative estimate of drug-likeness (QED) is 0.0930. The van der Waals surface area contributed by atoms with Crippen LogP contribution in [0.25, 0.3) is 121 Å². The Bertz CT molecular complexity index is 4630. The number of hydrogen-bond acceptors (Lipinski definition) is 0. The summed E-state index contributed by atoms with van der Waals surface area (Å²) in [6.07, 6.45) is -5.41. The normalized spacial score (nSPS) is 12.4. The number of halogens is 8. The van der Waals surface area contributed by atoms with Gasteiger partial charge in [0.15, 0.2) is 23.3 Å². The molecule has 0 atom stereocenters. The lowest BCUT2D eigenvalue weighted by molar-refractivity contribution is -0.137. The summed E-state index contributed by atoms with van der Waals surface area (Å²) in [5.41, 5.74) is 1.75. The van der Waals surface area contributed by atoms with Gasteiger partial charge in [-0.25, -0.2) is 22.0 Å². The van der Waals surface area contributed by atoms with Crippen molar-refractivity contribution < 1.29 is 35.1 Å². The van der Waals surface area contributed by atoms with Crippen LogP contribution in [0.3, 0.4) is 0 Å². The van der Waals surface area contributed by atoms with Gasteiger partial charge in [0.2, 0.25) is 5.82 Å². The van der Waals surface area contributed by atoms with Gasteiger partial charge in [-0.15, -0.1) is 0 Å². The molecule has 0 spiro atoms. The number of aromatic nitrogens is 4. The molecule has 0 bridgehead atoms. The van der Waals surface area contributed by atoms with E-state index in [0.717, 1.165) is 56.1 Å². The van der Waals surface area contributed by atoms with Crippen molar-refractivity contribution in [1.29, 1.82) is 0 Å². The number of nitrogens with zero attached hydrogens (tertiary/aromatic N) is 4. The summed E-state index contributed by atoms with van der Waals surface area (Å²) in [6.45, 7) is 0. The van der Waals surface area contributed by atoms with Crippen molar-refractivity contribution in [3.05, 3.63) is 229 Å². The summed E-state index contributed by atoms with van der Waals surface area (Å²) in [7, 11) is 0. The van der Waals surface area contributed by atoms with Crippen molar-refractivity contribution in [3.8, 4) is 33.9 Å². The molecule has 0 aliphatic heterocycles. The molecule has 12 heteroatoms. The molecule has 0 N–H and O–H groups in total. The van der Waals surface area contributed by atoms with Crippen molar-refractivity contribution in [3.63, 3.8) is 0 Å². The molecule has 0 amide bonds. The van der Waals surface area contributed by atoms with Crippen LogP contribution in [0.1, 0.15) is 5.56 Å². The Balaban J connectivity index is 1.27. The smallest absolute Gasteiger partial charge is 0.307 e. The number of hydrogen-bond donors (Lipinski definition) is 0. The van der Waals surface area contributed by atoms with Crippen LogP contribution in [0, 0.1) is 29.1 Å². The SMILES string of the molecule is Fc1c(F)c(F)c(-c2cc(-n3c4ccccc4c4ccc5c6ccccc6n(-c6ccccc6)c5c43)c(-n3c4ccccc4c4ccc5c6ccccc6n(-c6ccccc6)c5c43)cc2C(F)(F)F)c(F)c1F. The predicted octanol–water partition coefficient (Wildman–Crippen LogP) is 17.5. The van der Waals surface area contributed by atoms with Crippen LogP contribution in [0.5, 0.6) is 0 Å². The third kappa shape index (κ3) is 5.88. The van der Waals surface area contributed by atoms with Gasteiger partial charge in [-0.1, -0.05) is 133 Å². The molecule has 4 aromatic heterocycles. The zero-order chi connectivity index (χ0) is 49.6. The highest BCUT2D eigenvalue weighted by Crippen LogP contribution is 2.50. The van der Waals surface area contributed by atoms with Crippen molar-refractivity contribution in [2.75, 3.05) is 0 Å². The minimum Gasteiger partial charge on any atom is -0.307 e. The molecule has 10 aromatic carbocycles. The van der Waals surface area contributed by atoms with Crippen molar-refractivity contribution in [2.24, 2.45) is 0 Å². The van der Waals surface area contributed by atoms with E-state index in [1.54, 1.807) is 33.4 Å². The lowest BCUT2D eigenvalue weighted by Gasteiger charge is -2.23. The van der Waals surface area contributed by atoms with E-state index in [9.17, 15) is 4.39 Å². The summed E-state index contributed by atoms with van der Waals surface area (Å²) in [5.74, 6) is -12.1. The summed E-state index contributed by atoms with van der Waals surface area (Å²) in [5, 5.41) is 6.04. The van der Waals surface area contributed by atoms with Gasteiger partial charge in [-0.2, -0.15) is 13.2 Å². The molecule has 0 saturated carbocycles. The van der Waals surface area contributed by atoms with Crippen molar-refractivity contribution in [2.45, 2.75) is 6.18 Å². The summed E-state index contributed by atoms with van der Waals surface area (Å²) < 4.78 is 135. The standard InChI is InChI=1S/C61H32F8N4/c62-52-51(53(63)55(65)56(66)54(52)64)43-31-49(72-47-25-13-9-21-37(47)41-29-27-39-35-19-7-11-23-45(35)70(57(39)59(41)72)33-15-3-1-4-16-33)50(32-44(43)61(67,68)69)73-48-26-14-10-22-38(48)42-30-28-40-36-20-8-12-24-46(36)71(58(40)60(42)73)34-17-5-2-6-18-34/h1-32H. The fraction of sp³-hybridized carbons (Fsp3) is 0.0164. The highest BCUT2D eigenvalue weighted by atomic mass is 19.4. The molecular formula is C61H32F8N4. The number of fused-ring (bicyclic) bond motifs is 14. The first-order valence-electron chi connectivity index (χ1n) is 23.3. The second-order valence-corrected chi connectivity index (χ2v) is 18.1. The number of para-hydroxylation sites is 6. The number of alkyl halides is 3. The zero-order valence-electron chi connectivity index (χ0n) is 37.8. The molecule has 0 aliphatic rings. The van der Waals surface area contributed by atoms with E-state index in [-0.39, 0.29) is 11.4 Å². The number of benzene rings is 10. The lowest BCUT2D eigenvalue weighted by atomic mass is 9.95. The Kier molecular flexibility index (Phi) is 9.02.